The summed E-state index contributed by atoms with van der Waals surface area (Å²) in [5.74, 6) is -1.46. The van der Waals surface area contributed by atoms with Gasteiger partial charge >= 0.3 is 0 Å². The minimum absolute atomic E-state index is 0.0802. The Labute approximate surface area is 211 Å². The quantitative estimate of drug-likeness (QED) is 0.579. The van der Waals surface area contributed by atoms with E-state index in [-0.39, 0.29) is 31.2 Å². The Morgan fingerprint density at radius 3 is 2.50 bits per heavy atom. The van der Waals surface area contributed by atoms with Gasteiger partial charge in [0.1, 0.15) is 5.82 Å². The molecule has 1 saturated carbocycles. The predicted molar refractivity (Wildman–Crippen MR) is 132 cm³/mol. The van der Waals surface area contributed by atoms with Crippen LogP contribution in [0.3, 0.4) is 0 Å². The minimum Gasteiger partial charge on any atom is -0.340 e. The fourth-order valence-corrected chi connectivity index (χ4v) is 6.04. The molecule has 36 heavy (non-hydrogen) atoms. The molecule has 0 spiro atoms. The molecule has 7 nitrogen and oxygen atoms in total. The summed E-state index contributed by atoms with van der Waals surface area (Å²) in [6.45, 7) is 2.94. The van der Waals surface area contributed by atoms with Crippen LogP contribution in [0.25, 0.3) is 0 Å². The molecule has 1 aromatic carbocycles. The summed E-state index contributed by atoms with van der Waals surface area (Å²) in [4.78, 5) is 50.0. The first-order valence-corrected chi connectivity index (χ1v) is 13.0. The van der Waals surface area contributed by atoms with Gasteiger partial charge in [-0.1, -0.05) is 37.5 Å². The lowest BCUT2D eigenvalue weighted by Gasteiger charge is -2.41. The van der Waals surface area contributed by atoms with Crippen LogP contribution in [0.2, 0.25) is 0 Å². The summed E-state index contributed by atoms with van der Waals surface area (Å²) >= 11 is 0. The second kappa shape index (κ2) is 10.5. The lowest BCUT2D eigenvalue weighted by molar-refractivity contribution is -0.143. The fourth-order valence-electron chi connectivity index (χ4n) is 6.04. The molecule has 1 aromatic heterocycles. The zero-order valence-electron chi connectivity index (χ0n) is 20.6. The Kier molecular flexibility index (Phi) is 7.14. The number of pyridine rings is 1. The maximum atomic E-state index is 14.3. The summed E-state index contributed by atoms with van der Waals surface area (Å²) in [7, 11) is 0. The molecule has 0 bridgehead atoms. The molecule has 1 aliphatic carbocycles. The highest BCUT2D eigenvalue weighted by Gasteiger charge is 2.54. The van der Waals surface area contributed by atoms with E-state index in [1.807, 2.05) is 4.90 Å². The van der Waals surface area contributed by atoms with Crippen LogP contribution in [0.5, 0.6) is 0 Å². The molecule has 2 aliphatic heterocycles. The van der Waals surface area contributed by atoms with E-state index in [0.717, 1.165) is 18.7 Å². The molecule has 2 aromatic rings. The number of carbonyl (C=O) groups is 3. The Hall–Kier alpha value is -3.13. The van der Waals surface area contributed by atoms with Gasteiger partial charge in [0.2, 0.25) is 17.7 Å². The van der Waals surface area contributed by atoms with Crippen molar-refractivity contribution in [1.29, 1.82) is 0 Å². The monoisotopic (exact) mass is 492 g/mol. The predicted octanol–water partition coefficient (Wildman–Crippen LogP) is 3.28. The Morgan fingerprint density at radius 1 is 1.03 bits per heavy atom. The van der Waals surface area contributed by atoms with Crippen LogP contribution in [0.4, 0.5) is 4.39 Å². The van der Waals surface area contributed by atoms with E-state index in [1.165, 1.54) is 55.2 Å². The van der Waals surface area contributed by atoms with Gasteiger partial charge in [-0.2, -0.15) is 0 Å². The SMILES string of the molecule is O=C(CC1(c2cccc(F)c2)CC(=O)N(Cc2cccnc2)C1=O)N1CCN(C2CCCCC2)CC1. The van der Waals surface area contributed by atoms with Gasteiger partial charge < -0.3 is 4.90 Å². The van der Waals surface area contributed by atoms with Gasteiger partial charge in [-0.3, -0.25) is 29.2 Å². The first-order valence-electron chi connectivity index (χ1n) is 13.0. The first-order chi connectivity index (χ1) is 17.5. The third-order valence-electron chi connectivity index (χ3n) is 8.06. The van der Waals surface area contributed by atoms with E-state index in [4.69, 9.17) is 0 Å². The van der Waals surface area contributed by atoms with Crippen molar-refractivity contribution in [2.24, 2.45) is 0 Å². The highest BCUT2D eigenvalue weighted by molar-refractivity contribution is 6.10. The highest BCUT2D eigenvalue weighted by Crippen LogP contribution is 2.41. The van der Waals surface area contributed by atoms with Gasteiger partial charge in [0.05, 0.1) is 12.0 Å². The zero-order chi connectivity index (χ0) is 25.1. The van der Waals surface area contributed by atoms with E-state index in [1.54, 1.807) is 30.6 Å². The number of hydrogen-bond acceptors (Lipinski definition) is 5. The van der Waals surface area contributed by atoms with E-state index in [0.29, 0.717) is 24.7 Å². The highest BCUT2D eigenvalue weighted by atomic mass is 19.1. The number of benzene rings is 1. The van der Waals surface area contributed by atoms with Crippen molar-refractivity contribution in [3.8, 4) is 0 Å². The second-order valence-corrected chi connectivity index (χ2v) is 10.3. The molecule has 1 atom stereocenters. The van der Waals surface area contributed by atoms with E-state index in [2.05, 4.69) is 9.88 Å². The van der Waals surface area contributed by atoms with Crippen molar-refractivity contribution >= 4 is 17.7 Å². The van der Waals surface area contributed by atoms with Crippen molar-refractivity contribution in [3.05, 3.63) is 65.7 Å². The van der Waals surface area contributed by atoms with E-state index < -0.39 is 17.1 Å². The lowest BCUT2D eigenvalue weighted by atomic mass is 9.75. The zero-order valence-corrected chi connectivity index (χ0v) is 20.6. The average Bonchev–Trinajstić information content (AvgIpc) is 3.15. The summed E-state index contributed by atoms with van der Waals surface area (Å²) in [6.07, 6.45) is 9.23. The topological polar surface area (TPSA) is 73.8 Å². The molecule has 1 unspecified atom stereocenters. The Balaban J connectivity index is 1.35. The molecule has 2 saturated heterocycles. The number of rotatable bonds is 6. The van der Waals surface area contributed by atoms with Crippen LogP contribution < -0.4 is 0 Å². The normalized spacial score (nSPS) is 23.9. The number of carbonyl (C=O) groups excluding carboxylic acids is 3. The smallest absolute Gasteiger partial charge is 0.241 e. The largest absolute Gasteiger partial charge is 0.340 e. The summed E-state index contributed by atoms with van der Waals surface area (Å²) in [5, 5.41) is 0. The molecule has 0 N–H and O–H groups in total. The Morgan fingerprint density at radius 2 is 1.81 bits per heavy atom. The number of halogens is 1. The van der Waals surface area contributed by atoms with Crippen LogP contribution in [-0.4, -0.2) is 69.6 Å². The molecule has 3 amide bonds. The van der Waals surface area contributed by atoms with Gasteiger partial charge in [0.25, 0.3) is 0 Å². The lowest BCUT2D eigenvalue weighted by Crippen LogP contribution is -2.53. The summed E-state index contributed by atoms with van der Waals surface area (Å²) in [6, 6.07) is 9.91. The van der Waals surface area contributed by atoms with Crippen LogP contribution in [0, 0.1) is 5.82 Å². The molecule has 0 radical (unpaired) electrons. The summed E-state index contributed by atoms with van der Waals surface area (Å²) in [5.41, 5.74) is -0.304. The number of piperazine rings is 1. The van der Waals surface area contributed by atoms with Crippen LogP contribution >= 0.6 is 0 Å². The van der Waals surface area contributed by atoms with Gasteiger partial charge in [0.15, 0.2) is 0 Å². The molecule has 5 rings (SSSR count). The van der Waals surface area contributed by atoms with Gasteiger partial charge in [0, 0.05) is 57.5 Å². The third kappa shape index (κ3) is 4.91. The molecule has 190 valence electrons. The number of aromatic nitrogens is 1. The molecule has 3 aliphatic rings. The first kappa shape index (κ1) is 24.6. The third-order valence-corrected chi connectivity index (χ3v) is 8.06. The average molecular weight is 493 g/mol. The number of amides is 3. The van der Waals surface area contributed by atoms with Crippen LogP contribution in [0.15, 0.2) is 48.8 Å². The maximum absolute atomic E-state index is 14.3. The van der Waals surface area contributed by atoms with Gasteiger partial charge in [-0.25, -0.2) is 4.39 Å². The van der Waals surface area contributed by atoms with Crippen molar-refractivity contribution < 1.29 is 18.8 Å². The molecule has 3 fully saturated rings. The van der Waals surface area contributed by atoms with E-state index in [9.17, 15) is 18.8 Å². The van der Waals surface area contributed by atoms with Crippen molar-refractivity contribution in [2.75, 3.05) is 26.2 Å². The van der Waals surface area contributed by atoms with Crippen LogP contribution in [-0.2, 0) is 26.3 Å². The number of nitrogens with zero attached hydrogens (tertiary/aromatic N) is 4. The van der Waals surface area contributed by atoms with E-state index >= 15 is 0 Å². The van der Waals surface area contributed by atoms with Crippen molar-refractivity contribution in [1.82, 2.24) is 19.7 Å². The summed E-state index contributed by atoms with van der Waals surface area (Å²) < 4.78 is 14.3. The molecule has 8 heteroatoms. The van der Waals surface area contributed by atoms with Gasteiger partial charge in [-0.15, -0.1) is 0 Å². The van der Waals surface area contributed by atoms with Crippen molar-refractivity contribution in [3.63, 3.8) is 0 Å². The number of likely N-dealkylation sites (tertiary alicyclic amines) is 1. The Bertz CT molecular complexity index is 1110. The number of hydrogen-bond donors (Lipinski definition) is 0. The fraction of sp³-hybridized carbons (Fsp3) is 0.500. The van der Waals surface area contributed by atoms with Gasteiger partial charge in [-0.05, 0) is 42.2 Å². The maximum Gasteiger partial charge on any atom is 0.241 e. The molecular formula is C28H33FN4O3. The van der Waals surface area contributed by atoms with Crippen molar-refractivity contribution in [2.45, 2.75) is 62.9 Å². The molecular weight excluding hydrogens is 459 g/mol. The molecule has 3 heterocycles. The number of imide groups is 1. The standard InChI is InChI=1S/C28H33FN4O3/c29-23-8-4-7-22(16-23)28(18-26(35)33(27(28)36)20-21-6-5-11-30-19-21)17-25(34)32-14-12-31(13-15-32)24-9-2-1-3-10-24/h4-8,11,16,19,24H,1-3,9-10,12-15,17-18,20H2. The van der Waals surface area contributed by atoms with Crippen LogP contribution in [0.1, 0.15) is 56.1 Å². The minimum atomic E-state index is -1.40. The second-order valence-electron chi connectivity index (χ2n) is 10.3.